The Kier molecular flexibility index (Phi) is 8.52. The van der Waals surface area contributed by atoms with Gasteiger partial charge in [-0.2, -0.15) is 0 Å². The van der Waals surface area contributed by atoms with Crippen molar-refractivity contribution in [3.05, 3.63) is 59.2 Å². The predicted molar refractivity (Wildman–Crippen MR) is 107 cm³/mol. The van der Waals surface area contributed by atoms with Crippen LogP contribution in [0.25, 0.3) is 0 Å². The molecule has 2 N–H and O–H groups in total. The van der Waals surface area contributed by atoms with Crippen molar-refractivity contribution in [3.8, 4) is 11.5 Å². The Morgan fingerprint density at radius 1 is 1.07 bits per heavy atom. The predicted octanol–water partition coefficient (Wildman–Crippen LogP) is 3.67. The van der Waals surface area contributed by atoms with Gasteiger partial charge in [0.1, 0.15) is 11.6 Å². The van der Waals surface area contributed by atoms with Gasteiger partial charge in [0.2, 0.25) is 0 Å². The largest absolute Gasteiger partial charge is 0.493 e. The average molecular weight is 391 g/mol. The third-order valence-corrected chi connectivity index (χ3v) is 4.14. The number of nitrogens with zero attached hydrogens (tertiary/aromatic N) is 1. The van der Waals surface area contributed by atoms with Gasteiger partial charge in [-0.3, -0.25) is 4.99 Å². The summed E-state index contributed by atoms with van der Waals surface area (Å²) in [5, 5.41) is 6.16. The zero-order valence-corrected chi connectivity index (χ0v) is 16.5. The highest BCUT2D eigenvalue weighted by atomic mass is 19.1. The van der Waals surface area contributed by atoms with Gasteiger partial charge in [-0.05, 0) is 55.7 Å². The molecule has 0 saturated carbocycles. The molecule has 5 nitrogen and oxygen atoms in total. The summed E-state index contributed by atoms with van der Waals surface area (Å²) in [7, 11) is 3.25. The van der Waals surface area contributed by atoms with Gasteiger partial charge in [-0.15, -0.1) is 0 Å². The van der Waals surface area contributed by atoms with Crippen LogP contribution in [0.4, 0.5) is 8.78 Å². The van der Waals surface area contributed by atoms with Gasteiger partial charge in [-0.25, -0.2) is 8.78 Å². The average Bonchev–Trinajstić information content (AvgIpc) is 2.70. The Hall–Kier alpha value is -2.83. The smallest absolute Gasteiger partial charge is 0.191 e. The zero-order valence-electron chi connectivity index (χ0n) is 16.5. The Bertz CT molecular complexity index is 797. The van der Waals surface area contributed by atoms with E-state index in [9.17, 15) is 8.78 Å². The number of halogens is 2. The van der Waals surface area contributed by atoms with Crippen LogP contribution < -0.4 is 20.1 Å². The zero-order chi connectivity index (χ0) is 20.4. The van der Waals surface area contributed by atoms with Gasteiger partial charge in [0.15, 0.2) is 17.5 Å². The third-order valence-electron chi connectivity index (χ3n) is 4.14. The van der Waals surface area contributed by atoms with Gasteiger partial charge < -0.3 is 20.1 Å². The first-order valence-corrected chi connectivity index (χ1v) is 9.25. The van der Waals surface area contributed by atoms with Crippen molar-refractivity contribution in [1.82, 2.24) is 10.6 Å². The summed E-state index contributed by atoms with van der Waals surface area (Å²) in [4.78, 5) is 4.10. The topological polar surface area (TPSA) is 54.9 Å². The van der Waals surface area contributed by atoms with Crippen molar-refractivity contribution >= 4 is 5.96 Å². The lowest BCUT2D eigenvalue weighted by atomic mass is 10.1. The van der Waals surface area contributed by atoms with Crippen LogP contribution in [0, 0.1) is 11.6 Å². The van der Waals surface area contributed by atoms with E-state index in [0.29, 0.717) is 19.1 Å². The van der Waals surface area contributed by atoms with Crippen molar-refractivity contribution in [1.29, 1.82) is 0 Å². The summed E-state index contributed by atoms with van der Waals surface area (Å²) in [5.41, 5.74) is 1.40. The summed E-state index contributed by atoms with van der Waals surface area (Å²) in [6, 6.07) is 9.30. The fraction of sp³-hybridized carbons (Fsp3) is 0.381. The van der Waals surface area contributed by atoms with Crippen LogP contribution in [0.3, 0.4) is 0 Å². The molecule has 0 heterocycles. The van der Waals surface area contributed by atoms with Crippen molar-refractivity contribution in [2.24, 2.45) is 4.99 Å². The number of guanidine groups is 1. The molecule has 0 aromatic heterocycles. The maximum absolute atomic E-state index is 13.7. The quantitative estimate of drug-likeness (QED) is 0.389. The molecule has 0 aliphatic carbocycles. The van der Waals surface area contributed by atoms with Gasteiger partial charge in [0.05, 0.1) is 13.7 Å². The summed E-state index contributed by atoms with van der Waals surface area (Å²) < 4.78 is 37.8. The second kappa shape index (κ2) is 11.1. The molecule has 0 atom stereocenters. The van der Waals surface area contributed by atoms with Crippen LogP contribution in [0.15, 0.2) is 41.4 Å². The molecule has 0 unspecified atom stereocenters. The van der Waals surface area contributed by atoms with E-state index in [1.54, 1.807) is 14.2 Å². The van der Waals surface area contributed by atoms with Gasteiger partial charge in [-0.1, -0.05) is 6.07 Å². The van der Waals surface area contributed by atoms with Crippen molar-refractivity contribution < 1.29 is 18.3 Å². The first-order valence-electron chi connectivity index (χ1n) is 9.25. The fourth-order valence-corrected chi connectivity index (χ4v) is 2.72. The highest BCUT2D eigenvalue weighted by molar-refractivity contribution is 5.79. The number of hydrogen-bond acceptors (Lipinski definition) is 3. The van der Waals surface area contributed by atoms with E-state index in [0.717, 1.165) is 42.0 Å². The molecule has 0 fully saturated rings. The number of hydrogen-bond donors (Lipinski definition) is 2. The molecule has 0 aliphatic rings. The molecule has 0 aliphatic heterocycles. The Morgan fingerprint density at radius 2 is 1.89 bits per heavy atom. The number of benzene rings is 2. The van der Waals surface area contributed by atoms with Gasteiger partial charge in [0, 0.05) is 25.7 Å². The maximum atomic E-state index is 13.7. The Balaban J connectivity index is 1.80. The van der Waals surface area contributed by atoms with E-state index in [-0.39, 0.29) is 12.1 Å². The maximum Gasteiger partial charge on any atom is 0.191 e. The normalized spacial score (nSPS) is 11.2. The molecule has 2 rings (SSSR count). The van der Waals surface area contributed by atoms with E-state index in [1.165, 1.54) is 6.07 Å². The highest BCUT2D eigenvalue weighted by Crippen LogP contribution is 2.28. The van der Waals surface area contributed by atoms with Crippen molar-refractivity contribution in [2.45, 2.75) is 26.3 Å². The van der Waals surface area contributed by atoms with Crippen LogP contribution in [0.2, 0.25) is 0 Å². The third kappa shape index (κ3) is 6.40. The van der Waals surface area contributed by atoms with E-state index >= 15 is 0 Å². The highest BCUT2D eigenvalue weighted by Gasteiger charge is 2.07. The molecule has 0 bridgehead atoms. The van der Waals surface area contributed by atoms with E-state index in [2.05, 4.69) is 15.6 Å². The number of methoxy groups -OCH3 is 1. The lowest BCUT2D eigenvalue weighted by Crippen LogP contribution is -2.37. The molecule has 0 amide bonds. The SMILES string of the molecule is CCOc1cc(CCCNC(=NC)NCc2cc(F)ccc2F)ccc1OC. The first-order chi connectivity index (χ1) is 13.6. The van der Waals surface area contributed by atoms with Crippen LogP contribution >= 0.6 is 0 Å². The molecule has 2 aromatic carbocycles. The molecule has 0 spiro atoms. The van der Waals surface area contributed by atoms with Crippen molar-refractivity contribution in [3.63, 3.8) is 0 Å². The molecule has 0 saturated heterocycles. The second-order valence-electron chi connectivity index (χ2n) is 6.11. The Morgan fingerprint density at radius 3 is 2.61 bits per heavy atom. The first kappa shape index (κ1) is 21.5. The van der Waals surface area contributed by atoms with Gasteiger partial charge in [0.25, 0.3) is 0 Å². The molecule has 28 heavy (non-hydrogen) atoms. The summed E-state index contributed by atoms with van der Waals surface area (Å²) in [6.07, 6.45) is 1.72. The number of aryl methyl sites for hydroxylation is 1. The molecule has 2 aromatic rings. The fourth-order valence-electron chi connectivity index (χ4n) is 2.72. The van der Waals surface area contributed by atoms with Crippen LogP contribution in [0.1, 0.15) is 24.5 Å². The monoisotopic (exact) mass is 391 g/mol. The summed E-state index contributed by atoms with van der Waals surface area (Å²) in [6.45, 7) is 3.35. The minimum absolute atomic E-state index is 0.152. The molecule has 7 heteroatoms. The molecule has 152 valence electrons. The lowest BCUT2D eigenvalue weighted by Gasteiger charge is -2.13. The molecule has 0 radical (unpaired) electrons. The summed E-state index contributed by atoms with van der Waals surface area (Å²) >= 11 is 0. The van der Waals surface area contributed by atoms with E-state index < -0.39 is 11.6 Å². The minimum atomic E-state index is -0.466. The second-order valence-corrected chi connectivity index (χ2v) is 6.11. The standard InChI is InChI=1S/C21H27F2N3O2/c1-4-28-20-12-15(7-10-19(20)27-3)6-5-11-25-21(24-2)26-14-16-13-17(22)8-9-18(16)23/h7-10,12-13H,4-6,11,14H2,1-3H3,(H2,24,25,26). The number of ether oxygens (including phenoxy) is 2. The van der Waals surface area contributed by atoms with E-state index in [4.69, 9.17) is 9.47 Å². The van der Waals surface area contributed by atoms with Crippen LogP contribution in [-0.4, -0.2) is 33.3 Å². The minimum Gasteiger partial charge on any atom is -0.493 e. The number of aliphatic imine (C=N–C) groups is 1. The number of nitrogens with one attached hydrogen (secondary N) is 2. The van der Waals surface area contributed by atoms with Crippen LogP contribution in [-0.2, 0) is 13.0 Å². The lowest BCUT2D eigenvalue weighted by molar-refractivity contribution is 0.310. The van der Waals surface area contributed by atoms with Gasteiger partial charge >= 0.3 is 0 Å². The Labute approximate surface area is 164 Å². The molecular weight excluding hydrogens is 364 g/mol. The summed E-state index contributed by atoms with van der Waals surface area (Å²) in [5.74, 6) is 1.08. The van der Waals surface area contributed by atoms with Crippen molar-refractivity contribution in [2.75, 3.05) is 27.3 Å². The molecular formula is C21H27F2N3O2. The number of rotatable bonds is 9. The van der Waals surface area contributed by atoms with Crippen LogP contribution in [0.5, 0.6) is 11.5 Å². The van der Waals surface area contributed by atoms with E-state index in [1.807, 2.05) is 25.1 Å².